The summed E-state index contributed by atoms with van der Waals surface area (Å²) >= 11 is 0. The predicted octanol–water partition coefficient (Wildman–Crippen LogP) is 1.52. The minimum atomic E-state index is -0.259. The standard InChI is InChI=1S/C19H21N3O3/c1-21-12-14(11-20-21)9-16-10-18(23)22(19(16)24)6-4-13-2-3-17-15(8-13)5-7-25-17/h2-3,8,11-12,16H,4-7,9-10H2,1H3. The van der Waals surface area contributed by atoms with Gasteiger partial charge in [0.1, 0.15) is 5.75 Å². The zero-order valence-electron chi connectivity index (χ0n) is 14.3. The fourth-order valence-electron chi connectivity index (χ4n) is 3.64. The van der Waals surface area contributed by atoms with E-state index < -0.39 is 0 Å². The highest BCUT2D eigenvalue weighted by molar-refractivity contribution is 6.03. The van der Waals surface area contributed by atoms with Crippen LogP contribution >= 0.6 is 0 Å². The second kappa shape index (κ2) is 6.35. The third kappa shape index (κ3) is 3.16. The van der Waals surface area contributed by atoms with E-state index in [4.69, 9.17) is 4.74 Å². The smallest absolute Gasteiger partial charge is 0.233 e. The number of imide groups is 1. The van der Waals surface area contributed by atoms with Crippen molar-refractivity contribution in [1.29, 1.82) is 0 Å². The molecule has 1 atom stereocenters. The van der Waals surface area contributed by atoms with Crippen LogP contribution in [0.1, 0.15) is 23.1 Å². The molecular weight excluding hydrogens is 318 g/mol. The highest BCUT2D eigenvalue weighted by Crippen LogP contribution is 2.27. The number of carbonyl (C=O) groups excluding carboxylic acids is 2. The average Bonchev–Trinajstić information content (AvgIpc) is 3.27. The summed E-state index contributed by atoms with van der Waals surface area (Å²) in [5.74, 6) is 0.570. The maximum atomic E-state index is 12.6. The van der Waals surface area contributed by atoms with Crippen LogP contribution in [0.2, 0.25) is 0 Å². The molecular formula is C19H21N3O3. The predicted molar refractivity (Wildman–Crippen MR) is 91.1 cm³/mol. The van der Waals surface area contributed by atoms with Crippen LogP contribution in [0.25, 0.3) is 0 Å². The van der Waals surface area contributed by atoms with E-state index in [-0.39, 0.29) is 17.7 Å². The van der Waals surface area contributed by atoms with E-state index in [2.05, 4.69) is 11.2 Å². The second-order valence-corrected chi connectivity index (χ2v) is 6.80. The van der Waals surface area contributed by atoms with Crippen molar-refractivity contribution >= 4 is 11.8 Å². The summed E-state index contributed by atoms with van der Waals surface area (Å²) in [6.45, 7) is 1.18. The number of hydrogen-bond acceptors (Lipinski definition) is 4. The number of nitrogens with zero attached hydrogens (tertiary/aromatic N) is 3. The lowest BCUT2D eigenvalue weighted by atomic mass is 10.0. The number of benzene rings is 1. The minimum absolute atomic E-state index is 0.0571. The van der Waals surface area contributed by atoms with Crippen LogP contribution in [0, 0.1) is 5.92 Å². The molecule has 1 aromatic carbocycles. The second-order valence-electron chi connectivity index (χ2n) is 6.80. The van der Waals surface area contributed by atoms with E-state index >= 15 is 0 Å². The number of fused-ring (bicyclic) bond motifs is 1. The Bertz CT molecular complexity index is 827. The number of carbonyl (C=O) groups is 2. The van der Waals surface area contributed by atoms with Crippen LogP contribution in [0.5, 0.6) is 5.75 Å². The van der Waals surface area contributed by atoms with Gasteiger partial charge in [0.2, 0.25) is 11.8 Å². The van der Waals surface area contributed by atoms with Gasteiger partial charge in [-0.15, -0.1) is 0 Å². The van der Waals surface area contributed by atoms with Crippen molar-refractivity contribution in [2.75, 3.05) is 13.2 Å². The maximum Gasteiger partial charge on any atom is 0.233 e. The van der Waals surface area contributed by atoms with Gasteiger partial charge in [-0.05, 0) is 35.6 Å². The molecule has 0 radical (unpaired) electrons. The zero-order chi connectivity index (χ0) is 17.4. The van der Waals surface area contributed by atoms with Crippen molar-refractivity contribution in [2.45, 2.75) is 25.7 Å². The molecule has 130 valence electrons. The summed E-state index contributed by atoms with van der Waals surface area (Å²) in [4.78, 5) is 26.3. The van der Waals surface area contributed by atoms with Gasteiger partial charge in [-0.25, -0.2) is 0 Å². The van der Waals surface area contributed by atoms with Crippen molar-refractivity contribution in [3.8, 4) is 5.75 Å². The number of hydrogen-bond donors (Lipinski definition) is 0. The molecule has 0 spiro atoms. The molecule has 1 aromatic heterocycles. The average molecular weight is 339 g/mol. The molecule has 25 heavy (non-hydrogen) atoms. The molecule has 1 fully saturated rings. The first-order chi connectivity index (χ1) is 12.1. The van der Waals surface area contributed by atoms with Gasteiger partial charge in [-0.3, -0.25) is 19.2 Å². The van der Waals surface area contributed by atoms with Gasteiger partial charge in [-0.2, -0.15) is 5.10 Å². The molecule has 2 amide bonds. The number of likely N-dealkylation sites (tertiary alicyclic amines) is 1. The molecule has 6 heteroatoms. The lowest BCUT2D eigenvalue weighted by Crippen LogP contribution is -2.33. The Balaban J connectivity index is 1.39. The molecule has 3 heterocycles. The summed E-state index contributed by atoms with van der Waals surface area (Å²) in [6.07, 6.45) is 6.14. The fourth-order valence-corrected chi connectivity index (χ4v) is 3.64. The van der Waals surface area contributed by atoms with Crippen molar-refractivity contribution in [2.24, 2.45) is 13.0 Å². The Morgan fingerprint density at radius 1 is 1.28 bits per heavy atom. The molecule has 2 aromatic rings. The van der Waals surface area contributed by atoms with Crippen molar-refractivity contribution in [3.05, 3.63) is 47.3 Å². The Kier molecular flexibility index (Phi) is 4.03. The summed E-state index contributed by atoms with van der Waals surface area (Å²) in [6, 6.07) is 6.12. The van der Waals surface area contributed by atoms with E-state index in [1.54, 1.807) is 10.9 Å². The molecule has 2 aliphatic heterocycles. The van der Waals surface area contributed by atoms with Gasteiger partial charge >= 0.3 is 0 Å². The van der Waals surface area contributed by atoms with Gasteiger partial charge < -0.3 is 4.74 Å². The quantitative estimate of drug-likeness (QED) is 0.775. The largest absolute Gasteiger partial charge is 0.493 e. The number of ether oxygens (including phenoxy) is 1. The highest BCUT2D eigenvalue weighted by atomic mass is 16.5. The lowest BCUT2D eigenvalue weighted by molar-refractivity contribution is -0.139. The van der Waals surface area contributed by atoms with Gasteiger partial charge in [-0.1, -0.05) is 12.1 Å². The van der Waals surface area contributed by atoms with Crippen LogP contribution in [0.3, 0.4) is 0 Å². The lowest BCUT2D eigenvalue weighted by Gasteiger charge is -2.15. The number of rotatable bonds is 5. The molecule has 0 aliphatic carbocycles. The van der Waals surface area contributed by atoms with E-state index in [0.29, 0.717) is 25.8 Å². The van der Waals surface area contributed by atoms with Crippen molar-refractivity contribution in [1.82, 2.24) is 14.7 Å². The Morgan fingerprint density at radius 3 is 2.96 bits per heavy atom. The van der Waals surface area contributed by atoms with E-state index in [9.17, 15) is 9.59 Å². The van der Waals surface area contributed by atoms with Gasteiger partial charge in [0.15, 0.2) is 0 Å². The first-order valence-corrected chi connectivity index (χ1v) is 8.66. The fraction of sp³-hybridized carbons (Fsp3) is 0.421. The monoisotopic (exact) mass is 339 g/mol. The normalized spacial score (nSPS) is 19.4. The molecule has 2 aliphatic rings. The zero-order valence-corrected chi connectivity index (χ0v) is 14.3. The number of aryl methyl sites for hydroxylation is 1. The molecule has 0 bridgehead atoms. The molecule has 1 unspecified atom stereocenters. The SMILES string of the molecule is Cn1cc(CC2CC(=O)N(CCc3ccc4c(c3)CCO4)C2=O)cn1. The number of aromatic nitrogens is 2. The highest BCUT2D eigenvalue weighted by Gasteiger charge is 2.38. The van der Waals surface area contributed by atoms with Gasteiger partial charge in [0.25, 0.3) is 0 Å². The van der Waals surface area contributed by atoms with Crippen LogP contribution in [-0.4, -0.2) is 39.6 Å². The van der Waals surface area contributed by atoms with E-state index in [1.165, 1.54) is 10.5 Å². The molecule has 0 N–H and O–H groups in total. The summed E-state index contributed by atoms with van der Waals surface area (Å²) in [5, 5.41) is 4.12. The molecule has 0 saturated carbocycles. The summed E-state index contributed by atoms with van der Waals surface area (Å²) in [5.41, 5.74) is 3.35. The minimum Gasteiger partial charge on any atom is -0.493 e. The third-order valence-electron chi connectivity index (χ3n) is 4.96. The van der Waals surface area contributed by atoms with Crippen LogP contribution < -0.4 is 4.74 Å². The Morgan fingerprint density at radius 2 is 2.16 bits per heavy atom. The van der Waals surface area contributed by atoms with Crippen LogP contribution in [-0.2, 0) is 35.9 Å². The Labute approximate surface area is 146 Å². The topological polar surface area (TPSA) is 64.4 Å². The molecule has 6 nitrogen and oxygen atoms in total. The van der Waals surface area contributed by atoms with Crippen molar-refractivity contribution < 1.29 is 14.3 Å². The molecule has 4 rings (SSSR count). The van der Waals surface area contributed by atoms with E-state index in [0.717, 1.165) is 29.9 Å². The maximum absolute atomic E-state index is 12.6. The third-order valence-corrected chi connectivity index (χ3v) is 4.96. The van der Waals surface area contributed by atoms with Crippen LogP contribution in [0.4, 0.5) is 0 Å². The first-order valence-electron chi connectivity index (χ1n) is 8.66. The summed E-state index contributed by atoms with van der Waals surface area (Å²) < 4.78 is 7.23. The van der Waals surface area contributed by atoms with Crippen molar-refractivity contribution in [3.63, 3.8) is 0 Å². The first kappa shape index (κ1) is 15.9. The van der Waals surface area contributed by atoms with Gasteiger partial charge in [0, 0.05) is 32.6 Å². The van der Waals surface area contributed by atoms with Gasteiger partial charge in [0.05, 0.1) is 18.7 Å². The molecule has 1 saturated heterocycles. The van der Waals surface area contributed by atoms with Crippen LogP contribution in [0.15, 0.2) is 30.6 Å². The summed E-state index contributed by atoms with van der Waals surface area (Å²) in [7, 11) is 1.85. The Hall–Kier alpha value is -2.63. The van der Waals surface area contributed by atoms with E-state index in [1.807, 2.05) is 25.4 Å². The number of amides is 2.